The number of morpholine rings is 1. The Balaban J connectivity index is 1.58. The number of amides is 1. The monoisotopic (exact) mass is 318 g/mol. The van der Waals surface area contributed by atoms with E-state index in [1.165, 1.54) is 0 Å². The van der Waals surface area contributed by atoms with Crippen LogP contribution in [0.3, 0.4) is 0 Å². The van der Waals surface area contributed by atoms with Crippen molar-refractivity contribution < 1.29 is 14.6 Å². The molecule has 1 amide bonds. The number of benzene rings is 1. The third-order valence-corrected chi connectivity index (χ3v) is 4.89. The fourth-order valence-corrected chi connectivity index (χ4v) is 3.46. The summed E-state index contributed by atoms with van der Waals surface area (Å²) in [6.07, 6.45) is 1.89. The first-order chi connectivity index (χ1) is 11.2. The molecular weight excluding hydrogens is 292 g/mol. The highest BCUT2D eigenvalue weighted by Gasteiger charge is 2.29. The first-order valence-corrected chi connectivity index (χ1v) is 8.58. The minimum absolute atomic E-state index is 0.0466. The second kappa shape index (κ2) is 7.32. The number of nitrogens with zero attached hydrogens (tertiary/aromatic N) is 2. The quantitative estimate of drug-likeness (QED) is 0.919. The van der Waals surface area contributed by atoms with Gasteiger partial charge in [-0.3, -0.25) is 9.69 Å². The molecule has 5 heteroatoms. The molecule has 0 unspecified atom stereocenters. The maximum atomic E-state index is 12.6. The lowest BCUT2D eigenvalue weighted by atomic mass is 10.1. The van der Waals surface area contributed by atoms with Crippen molar-refractivity contribution in [2.24, 2.45) is 5.92 Å². The molecule has 2 saturated heterocycles. The smallest absolute Gasteiger partial charge is 0.257 e. The Hall–Kier alpha value is -1.59. The normalized spacial score (nSPS) is 22.5. The Morgan fingerprint density at radius 3 is 2.78 bits per heavy atom. The van der Waals surface area contributed by atoms with Crippen molar-refractivity contribution in [3.05, 3.63) is 29.3 Å². The molecule has 1 aromatic rings. The summed E-state index contributed by atoms with van der Waals surface area (Å²) in [5.74, 6) is 0.578. The number of likely N-dealkylation sites (tertiary alicyclic amines) is 1. The van der Waals surface area contributed by atoms with E-state index in [4.69, 9.17) is 4.74 Å². The Morgan fingerprint density at radius 1 is 1.30 bits per heavy atom. The van der Waals surface area contributed by atoms with Gasteiger partial charge in [-0.25, -0.2) is 0 Å². The zero-order valence-electron chi connectivity index (χ0n) is 13.8. The lowest BCUT2D eigenvalue weighted by molar-refractivity contribution is 0.0310. The minimum atomic E-state index is -0.0466. The Kier molecular flexibility index (Phi) is 5.18. The molecule has 0 bridgehead atoms. The first-order valence-electron chi connectivity index (χ1n) is 8.58. The molecule has 5 nitrogen and oxygen atoms in total. The maximum absolute atomic E-state index is 12.6. The van der Waals surface area contributed by atoms with Gasteiger partial charge in [-0.2, -0.15) is 0 Å². The first kappa shape index (κ1) is 16.3. The van der Waals surface area contributed by atoms with E-state index in [1.807, 2.05) is 17.9 Å². The van der Waals surface area contributed by atoms with Crippen LogP contribution in [0.25, 0.3) is 0 Å². The molecule has 126 valence electrons. The number of phenols is 1. The molecule has 0 spiro atoms. The van der Waals surface area contributed by atoms with Crippen LogP contribution < -0.4 is 0 Å². The molecule has 1 N–H and O–H groups in total. The summed E-state index contributed by atoms with van der Waals surface area (Å²) >= 11 is 0. The van der Waals surface area contributed by atoms with Gasteiger partial charge in [0.05, 0.1) is 18.8 Å². The van der Waals surface area contributed by atoms with Crippen molar-refractivity contribution in [3.8, 4) is 5.75 Å². The Morgan fingerprint density at radius 2 is 2.09 bits per heavy atom. The van der Waals surface area contributed by atoms with Gasteiger partial charge in [0.15, 0.2) is 0 Å². The van der Waals surface area contributed by atoms with E-state index < -0.39 is 0 Å². The van der Waals surface area contributed by atoms with Crippen molar-refractivity contribution in [1.29, 1.82) is 0 Å². The molecule has 2 heterocycles. The number of carbonyl (C=O) groups is 1. The number of aryl methyl sites for hydroxylation is 1. The highest BCUT2D eigenvalue weighted by atomic mass is 16.5. The van der Waals surface area contributed by atoms with Crippen molar-refractivity contribution in [1.82, 2.24) is 9.80 Å². The average Bonchev–Trinajstić information content (AvgIpc) is 3.03. The Labute approximate surface area is 137 Å². The molecule has 23 heavy (non-hydrogen) atoms. The largest absolute Gasteiger partial charge is 0.507 e. The van der Waals surface area contributed by atoms with E-state index in [9.17, 15) is 9.90 Å². The lowest BCUT2D eigenvalue weighted by Gasteiger charge is -2.29. The van der Waals surface area contributed by atoms with Crippen molar-refractivity contribution in [2.45, 2.75) is 19.8 Å². The molecule has 2 aliphatic heterocycles. The predicted octanol–water partition coefficient (Wildman–Crippen LogP) is 1.75. The molecule has 0 saturated carbocycles. The number of hydrogen-bond acceptors (Lipinski definition) is 4. The zero-order valence-corrected chi connectivity index (χ0v) is 13.8. The van der Waals surface area contributed by atoms with Gasteiger partial charge in [0.25, 0.3) is 5.91 Å². The summed E-state index contributed by atoms with van der Waals surface area (Å²) in [4.78, 5) is 16.9. The maximum Gasteiger partial charge on any atom is 0.257 e. The fraction of sp³-hybridized carbons (Fsp3) is 0.611. The average molecular weight is 318 g/mol. The van der Waals surface area contributed by atoms with Gasteiger partial charge in [0.1, 0.15) is 5.75 Å². The van der Waals surface area contributed by atoms with Crippen molar-refractivity contribution in [3.63, 3.8) is 0 Å². The molecule has 1 atom stereocenters. The fourth-order valence-electron chi connectivity index (χ4n) is 3.46. The van der Waals surface area contributed by atoms with E-state index >= 15 is 0 Å². The minimum Gasteiger partial charge on any atom is -0.507 e. The van der Waals surface area contributed by atoms with E-state index in [-0.39, 0.29) is 11.7 Å². The van der Waals surface area contributed by atoms with Crippen LogP contribution in [0.1, 0.15) is 29.3 Å². The SMILES string of the molecule is CCc1ccc(C(=O)N2CC[C@H](CN3CCOCC3)C2)c(O)c1. The lowest BCUT2D eigenvalue weighted by Crippen LogP contribution is -2.40. The number of phenolic OH excluding ortho intramolecular Hbond substituents is 1. The molecular formula is C18H26N2O3. The predicted molar refractivity (Wildman–Crippen MR) is 88.8 cm³/mol. The van der Waals surface area contributed by atoms with Gasteiger partial charge in [-0.05, 0) is 36.5 Å². The van der Waals surface area contributed by atoms with Gasteiger partial charge in [-0.15, -0.1) is 0 Å². The highest BCUT2D eigenvalue weighted by molar-refractivity contribution is 5.97. The molecule has 3 rings (SSSR count). The van der Waals surface area contributed by atoms with Crippen molar-refractivity contribution >= 4 is 5.91 Å². The van der Waals surface area contributed by atoms with Gasteiger partial charge in [-0.1, -0.05) is 13.0 Å². The summed E-state index contributed by atoms with van der Waals surface area (Å²) in [5.41, 5.74) is 1.47. The van der Waals surface area contributed by atoms with Gasteiger partial charge in [0.2, 0.25) is 0 Å². The zero-order chi connectivity index (χ0) is 16.2. The molecule has 0 aromatic heterocycles. The third-order valence-electron chi connectivity index (χ3n) is 4.89. The van der Waals surface area contributed by atoms with Crippen LogP contribution in [0.2, 0.25) is 0 Å². The van der Waals surface area contributed by atoms with Crippen LogP contribution >= 0.6 is 0 Å². The topological polar surface area (TPSA) is 53.0 Å². The van der Waals surface area contributed by atoms with E-state index in [0.717, 1.165) is 64.3 Å². The van der Waals surface area contributed by atoms with Crippen LogP contribution in [0.15, 0.2) is 18.2 Å². The third kappa shape index (κ3) is 3.85. The molecule has 0 radical (unpaired) electrons. The summed E-state index contributed by atoms with van der Waals surface area (Å²) in [7, 11) is 0. The van der Waals surface area contributed by atoms with E-state index in [2.05, 4.69) is 4.90 Å². The van der Waals surface area contributed by atoms with Gasteiger partial charge in [0, 0.05) is 32.7 Å². The van der Waals surface area contributed by atoms with Crippen LogP contribution in [0.5, 0.6) is 5.75 Å². The van der Waals surface area contributed by atoms with Gasteiger partial charge >= 0.3 is 0 Å². The van der Waals surface area contributed by atoms with E-state index in [1.54, 1.807) is 12.1 Å². The van der Waals surface area contributed by atoms with Crippen molar-refractivity contribution in [2.75, 3.05) is 45.9 Å². The highest BCUT2D eigenvalue weighted by Crippen LogP contribution is 2.25. The second-order valence-electron chi connectivity index (χ2n) is 6.52. The number of carbonyl (C=O) groups excluding carboxylic acids is 1. The summed E-state index contributed by atoms with van der Waals surface area (Å²) in [5, 5.41) is 10.1. The van der Waals surface area contributed by atoms with E-state index in [0.29, 0.717) is 11.5 Å². The molecule has 1 aromatic carbocycles. The number of rotatable bonds is 4. The number of ether oxygens (including phenoxy) is 1. The van der Waals surface area contributed by atoms with Crippen LogP contribution in [-0.2, 0) is 11.2 Å². The van der Waals surface area contributed by atoms with Gasteiger partial charge < -0.3 is 14.7 Å². The van der Waals surface area contributed by atoms with Crippen LogP contribution in [-0.4, -0.2) is 66.8 Å². The number of aromatic hydroxyl groups is 1. The summed E-state index contributed by atoms with van der Waals surface area (Å²) in [6, 6.07) is 5.38. The summed E-state index contributed by atoms with van der Waals surface area (Å²) in [6.45, 7) is 8.24. The second-order valence-corrected chi connectivity index (χ2v) is 6.52. The number of hydrogen-bond donors (Lipinski definition) is 1. The molecule has 2 aliphatic rings. The standard InChI is InChI=1S/C18H26N2O3/c1-2-14-3-4-16(17(21)11-14)18(22)20-6-5-15(13-20)12-19-7-9-23-10-8-19/h3-4,11,15,21H,2,5-10,12-13H2,1H3/t15-/m1/s1. The summed E-state index contributed by atoms with van der Waals surface area (Å²) < 4.78 is 5.38. The molecule has 0 aliphatic carbocycles. The Bertz CT molecular complexity index is 555. The molecule has 2 fully saturated rings. The van der Waals surface area contributed by atoms with Crippen LogP contribution in [0, 0.1) is 5.92 Å². The van der Waals surface area contributed by atoms with Crippen LogP contribution in [0.4, 0.5) is 0 Å².